The maximum atomic E-state index is 14.1. The number of likely N-dealkylation sites (tertiary alicyclic amines) is 1. The van der Waals surface area contributed by atoms with E-state index in [-0.39, 0.29) is 25.0 Å². The third-order valence-electron chi connectivity index (χ3n) is 10.8. The van der Waals surface area contributed by atoms with Crippen LogP contribution in [0, 0.1) is 11.3 Å². The molecule has 274 valence electrons. The van der Waals surface area contributed by atoms with Crippen LogP contribution in [0.3, 0.4) is 0 Å². The maximum absolute atomic E-state index is 14.1. The fraction of sp³-hybridized carbons (Fsp3) is 0.684. The van der Waals surface area contributed by atoms with E-state index in [4.69, 9.17) is 29.7 Å². The van der Waals surface area contributed by atoms with E-state index in [9.17, 15) is 14.4 Å². The van der Waals surface area contributed by atoms with E-state index in [0.29, 0.717) is 30.9 Å². The summed E-state index contributed by atoms with van der Waals surface area (Å²) in [7, 11) is 1.79. The Morgan fingerprint density at radius 1 is 1.06 bits per heavy atom. The molecule has 4 heterocycles. The lowest BCUT2D eigenvalue weighted by atomic mass is 9.85. The third kappa shape index (κ3) is 8.62. The molecule has 1 unspecified atom stereocenters. The van der Waals surface area contributed by atoms with Gasteiger partial charge in [-0.3, -0.25) is 9.59 Å². The summed E-state index contributed by atoms with van der Waals surface area (Å²) in [5.41, 5.74) is 6.90. The summed E-state index contributed by atoms with van der Waals surface area (Å²) < 4.78 is 24.6. The highest BCUT2D eigenvalue weighted by Gasteiger charge is 2.47. The Labute approximate surface area is 295 Å². The molecule has 12 heteroatoms. The number of carbonyl (C=O) groups excluding carboxylic acids is 3. The highest BCUT2D eigenvalue weighted by atomic mass is 16.6. The van der Waals surface area contributed by atoms with E-state index in [1.807, 2.05) is 45.0 Å². The van der Waals surface area contributed by atoms with Gasteiger partial charge in [-0.15, -0.1) is 0 Å². The van der Waals surface area contributed by atoms with Crippen LogP contribution < -0.4 is 20.5 Å². The van der Waals surface area contributed by atoms with Crippen LogP contribution in [0.15, 0.2) is 24.3 Å². The van der Waals surface area contributed by atoms with Gasteiger partial charge in [0.05, 0.1) is 30.3 Å². The van der Waals surface area contributed by atoms with Gasteiger partial charge in [-0.05, 0) is 68.4 Å². The quantitative estimate of drug-likeness (QED) is 0.398. The number of ether oxygens (including phenoxy) is 4. The predicted octanol–water partition coefficient (Wildman–Crippen LogP) is 4.59. The highest BCUT2D eigenvalue weighted by molar-refractivity contribution is 5.92. The maximum Gasteiger partial charge on any atom is 0.408 e. The summed E-state index contributed by atoms with van der Waals surface area (Å²) in [6.45, 7) is 9.34. The molecule has 2 bridgehead atoms. The van der Waals surface area contributed by atoms with Gasteiger partial charge in [-0.2, -0.15) is 0 Å². The number of amides is 3. The molecule has 12 nitrogen and oxygen atoms in total. The number of carbonyl (C=O) groups is 3. The fourth-order valence-corrected chi connectivity index (χ4v) is 7.72. The van der Waals surface area contributed by atoms with E-state index in [2.05, 4.69) is 10.2 Å². The molecule has 0 spiro atoms. The van der Waals surface area contributed by atoms with Gasteiger partial charge in [-0.25, -0.2) is 9.78 Å². The molecule has 5 atom stereocenters. The van der Waals surface area contributed by atoms with Crippen LogP contribution >= 0.6 is 0 Å². The second kappa shape index (κ2) is 15.7. The van der Waals surface area contributed by atoms with Gasteiger partial charge in [-0.1, -0.05) is 45.7 Å². The molecule has 6 rings (SSSR count). The van der Waals surface area contributed by atoms with Gasteiger partial charge in [0.1, 0.15) is 30.0 Å². The second-order valence-corrected chi connectivity index (χ2v) is 15.6. The Morgan fingerprint density at radius 2 is 1.84 bits per heavy atom. The van der Waals surface area contributed by atoms with Crippen LogP contribution in [0.4, 0.5) is 4.79 Å². The number of methoxy groups -OCH3 is 1. The normalized spacial score (nSPS) is 27.3. The summed E-state index contributed by atoms with van der Waals surface area (Å²) in [5.74, 6) is 0.581. The van der Waals surface area contributed by atoms with Crippen LogP contribution in [0.25, 0.3) is 10.9 Å². The summed E-state index contributed by atoms with van der Waals surface area (Å²) in [6, 6.07) is 6.14. The molecule has 50 heavy (non-hydrogen) atoms. The number of piperidine rings is 1. The van der Waals surface area contributed by atoms with Crippen molar-refractivity contribution in [2.75, 3.05) is 39.9 Å². The van der Waals surface area contributed by atoms with E-state index in [1.165, 1.54) is 4.90 Å². The molecule has 1 aromatic heterocycles. The molecular weight excluding hydrogens is 638 g/mol. The first-order valence-electron chi connectivity index (χ1n) is 18.5. The Hall–Kier alpha value is -3.64. The van der Waals surface area contributed by atoms with E-state index < -0.39 is 35.6 Å². The largest absolute Gasteiger partial charge is 0.492 e. The highest BCUT2D eigenvalue weighted by Crippen LogP contribution is 2.40. The molecular formula is C38H55N5O7. The lowest BCUT2D eigenvalue weighted by Crippen LogP contribution is -2.57. The van der Waals surface area contributed by atoms with Crippen molar-refractivity contribution in [1.29, 1.82) is 0 Å². The first-order valence-corrected chi connectivity index (χ1v) is 18.5. The average Bonchev–Trinajstić information content (AvgIpc) is 3.67. The molecule has 0 radical (unpaired) electrons. The number of pyridine rings is 1. The summed E-state index contributed by atoms with van der Waals surface area (Å²) in [4.78, 5) is 48.8. The van der Waals surface area contributed by atoms with Gasteiger partial charge in [0, 0.05) is 38.6 Å². The van der Waals surface area contributed by atoms with Crippen LogP contribution in [-0.4, -0.2) is 103 Å². The first kappa shape index (κ1) is 36.2. The Balaban J connectivity index is 1.27. The Kier molecular flexibility index (Phi) is 11.4. The minimum absolute atomic E-state index is 0.129. The molecule has 1 aromatic carbocycles. The fourth-order valence-electron chi connectivity index (χ4n) is 7.72. The lowest BCUT2D eigenvalue weighted by molar-refractivity contribution is -0.141. The van der Waals surface area contributed by atoms with Crippen LogP contribution in [-0.2, 0) is 25.5 Å². The molecule has 3 N–H and O–H groups in total. The van der Waals surface area contributed by atoms with Gasteiger partial charge in [0.2, 0.25) is 17.7 Å². The summed E-state index contributed by atoms with van der Waals surface area (Å²) in [6.07, 6.45) is 7.71. The number of primary amides is 1. The van der Waals surface area contributed by atoms with Crippen molar-refractivity contribution >= 4 is 28.8 Å². The van der Waals surface area contributed by atoms with Crippen molar-refractivity contribution < 1.29 is 33.3 Å². The van der Waals surface area contributed by atoms with E-state index in [1.54, 1.807) is 7.11 Å². The number of alkyl carbamates (subject to hydrolysis) is 1. The van der Waals surface area contributed by atoms with Crippen LogP contribution in [0.1, 0.15) is 84.1 Å². The number of nitrogens with zero attached hydrogens (tertiary/aromatic N) is 3. The number of para-hydroxylation sites is 1. The standard InChI is InChI=1S/C38H55N5O7/c1-38(2,3)33-36(45)43-23-26(22-30(43)34(39)44)49-35-28(13-7-5-6-11-24-21-31(24)50-37(46)41-33)32(27-12-8-9-14-29(27)40-35)48-20-10-17-42-18-15-25(47-4)16-19-42/h8-9,12,14,24-26,30-31,33H,5-7,10-11,13,15-23H2,1-4H3,(H2,39,44)(H,41,46)/t24-,26-,30+,31-,33?/m1/s1. The number of hydrogen-bond donors (Lipinski definition) is 2. The number of nitrogens with one attached hydrogen (secondary N) is 1. The van der Waals surface area contributed by atoms with Crippen molar-refractivity contribution in [1.82, 2.24) is 20.1 Å². The van der Waals surface area contributed by atoms with Gasteiger partial charge in [0.25, 0.3) is 0 Å². The molecule has 2 saturated heterocycles. The molecule has 2 aromatic rings. The number of hydrogen-bond acceptors (Lipinski definition) is 9. The number of rotatable bonds is 7. The van der Waals surface area contributed by atoms with Gasteiger partial charge >= 0.3 is 6.09 Å². The molecule has 3 fully saturated rings. The SMILES string of the molecule is COC1CCN(CCCOc2c3c(nc4ccccc24)O[C@@H]2C[C@@H](C(N)=O)N(C2)C(=O)C(C(C)(C)C)NC(=O)O[C@@H]2C[C@H]2CCCCC3)CC1. The minimum Gasteiger partial charge on any atom is -0.492 e. The zero-order valence-corrected chi connectivity index (χ0v) is 30.2. The number of aromatic nitrogens is 1. The molecule has 1 saturated carbocycles. The first-order chi connectivity index (χ1) is 24.0. The molecule has 1 aliphatic carbocycles. The Bertz CT molecular complexity index is 1520. The summed E-state index contributed by atoms with van der Waals surface area (Å²) >= 11 is 0. The lowest BCUT2D eigenvalue weighted by Gasteiger charge is -2.34. The van der Waals surface area contributed by atoms with Crippen LogP contribution in [0.2, 0.25) is 0 Å². The van der Waals surface area contributed by atoms with Crippen molar-refractivity contribution in [3.05, 3.63) is 29.8 Å². The molecule has 3 amide bonds. The van der Waals surface area contributed by atoms with Crippen molar-refractivity contribution in [3.8, 4) is 11.6 Å². The summed E-state index contributed by atoms with van der Waals surface area (Å²) in [5, 5.41) is 3.76. The van der Waals surface area contributed by atoms with Crippen molar-refractivity contribution in [3.63, 3.8) is 0 Å². The number of fused-ring (bicyclic) bond motifs is 5. The van der Waals surface area contributed by atoms with Crippen molar-refractivity contribution in [2.45, 2.75) is 115 Å². The van der Waals surface area contributed by atoms with E-state index >= 15 is 0 Å². The van der Waals surface area contributed by atoms with Gasteiger partial charge in [0.15, 0.2) is 0 Å². The second-order valence-electron chi connectivity index (χ2n) is 15.6. The molecule has 3 aliphatic heterocycles. The van der Waals surface area contributed by atoms with Gasteiger partial charge < -0.3 is 39.8 Å². The average molecular weight is 694 g/mol. The minimum atomic E-state index is -0.924. The predicted molar refractivity (Wildman–Crippen MR) is 189 cm³/mol. The zero-order chi connectivity index (χ0) is 35.4. The zero-order valence-electron chi connectivity index (χ0n) is 30.2. The van der Waals surface area contributed by atoms with Crippen LogP contribution in [0.5, 0.6) is 11.6 Å². The third-order valence-corrected chi connectivity index (χ3v) is 10.8. The number of nitrogens with two attached hydrogens (primary N) is 1. The van der Waals surface area contributed by atoms with E-state index in [0.717, 1.165) is 93.2 Å². The molecule has 4 aliphatic rings. The number of benzene rings is 1. The smallest absolute Gasteiger partial charge is 0.408 e. The topological polar surface area (TPSA) is 146 Å². The monoisotopic (exact) mass is 693 g/mol. The Morgan fingerprint density at radius 3 is 2.58 bits per heavy atom. The van der Waals surface area contributed by atoms with Crippen molar-refractivity contribution in [2.24, 2.45) is 17.1 Å².